The highest BCUT2D eigenvalue weighted by Gasteiger charge is 2.38. The van der Waals surface area contributed by atoms with Gasteiger partial charge in [-0.05, 0) is 17.7 Å². The lowest BCUT2D eigenvalue weighted by Gasteiger charge is -2.29. The topological polar surface area (TPSA) is 42.0 Å². The second kappa shape index (κ2) is 9.00. The van der Waals surface area contributed by atoms with E-state index in [1.165, 1.54) is 0 Å². The Morgan fingerprint density at radius 2 is 1.21 bits per heavy atom. The zero-order valence-corrected chi connectivity index (χ0v) is 17.0. The lowest BCUT2D eigenvalue weighted by molar-refractivity contribution is 0.556. The maximum atomic E-state index is 14.8. The van der Waals surface area contributed by atoms with Gasteiger partial charge in [0.1, 0.15) is 5.78 Å². The van der Waals surface area contributed by atoms with Crippen molar-refractivity contribution in [2.24, 2.45) is 0 Å². The summed E-state index contributed by atoms with van der Waals surface area (Å²) in [5.74, 6) is -0.436. The van der Waals surface area contributed by atoms with Crippen LogP contribution in [0.2, 0.25) is 0 Å². The fourth-order valence-corrected chi connectivity index (χ4v) is 6.51. The fourth-order valence-electron chi connectivity index (χ4n) is 3.51. The Morgan fingerprint density at radius 1 is 0.690 bits per heavy atom. The summed E-state index contributed by atoms with van der Waals surface area (Å²) >= 11 is 0. The number of pyridine rings is 1. The number of rotatable bonds is 7. The molecule has 0 aliphatic rings. The first-order valence-corrected chi connectivity index (χ1v) is 11.5. The molecule has 4 rings (SSSR count). The van der Waals surface area contributed by atoms with Crippen molar-refractivity contribution in [1.82, 2.24) is 10.3 Å². The maximum Gasteiger partial charge on any atom is 0.165 e. The average molecular weight is 398 g/mol. The molecule has 4 heteroatoms. The van der Waals surface area contributed by atoms with Crippen molar-refractivity contribution in [3.8, 4) is 0 Å². The molecule has 3 aromatic carbocycles. The quantitative estimate of drug-likeness (QED) is 0.451. The minimum absolute atomic E-state index is 0.436. The second-order valence-corrected chi connectivity index (χ2v) is 9.72. The van der Waals surface area contributed by atoms with Crippen LogP contribution in [0.25, 0.3) is 0 Å². The van der Waals surface area contributed by atoms with Crippen LogP contribution in [-0.4, -0.2) is 4.98 Å². The highest BCUT2D eigenvalue weighted by atomic mass is 31.2. The van der Waals surface area contributed by atoms with Crippen molar-refractivity contribution >= 4 is 17.8 Å². The van der Waals surface area contributed by atoms with Gasteiger partial charge in [-0.15, -0.1) is 0 Å². The van der Waals surface area contributed by atoms with Gasteiger partial charge in [-0.3, -0.25) is 10.3 Å². The fraction of sp³-hybridized carbons (Fsp3) is 0.0800. The van der Waals surface area contributed by atoms with Crippen LogP contribution < -0.4 is 15.9 Å². The molecule has 1 heterocycles. The minimum atomic E-state index is -3.07. The van der Waals surface area contributed by atoms with Gasteiger partial charge in [0.25, 0.3) is 0 Å². The van der Waals surface area contributed by atoms with Crippen LogP contribution in [0, 0.1) is 0 Å². The van der Waals surface area contributed by atoms with Gasteiger partial charge in [-0.2, -0.15) is 0 Å². The van der Waals surface area contributed by atoms with Gasteiger partial charge in [0.2, 0.25) is 0 Å². The summed E-state index contributed by atoms with van der Waals surface area (Å²) in [6, 6.07) is 35.4. The van der Waals surface area contributed by atoms with Crippen molar-refractivity contribution in [3.63, 3.8) is 0 Å². The summed E-state index contributed by atoms with van der Waals surface area (Å²) in [5.41, 5.74) is 1.92. The van der Waals surface area contributed by atoms with Gasteiger partial charge in [0, 0.05) is 23.4 Å². The standard InChI is InChI=1S/C25H23N2OP/c28-29(22-14-6-2-7-15-22,23-16-8-3-9-17-23)25(24-18-10-11-19-26-24)27-20-21-12-4-1-5-13-21/h1-19,25,27H,20H2. The highest BCUT2D eigenvalue weighted by Crippen LogP contribution is 2.55. The summed E-state index contributed by atoms with van der Waals surface area (Å²) in [5, 5.41) is 5.21. The van der Waals surface area contributed by atoms with Crippen molar-refractivity contribution in [3.05, 3.63) is 127 Å². The third-order valence-corrected chi connectivity index (χ3v) is 8.26. The predicted octanol–water partition coefficient (Wildman–Crippen LogP) is 4.88. The van der Waals surface area contributed by atoms with Crippen LogP contribution in [0.1, 0.15) is 17.0 Å². The molecule has 0 fully saturated rings. The molecule has 1 atom stereocenters. The molecule has 29 heavy (non-hydrogen) atoms. The minimum Gasteiger partial charge on any atom is -0.312 e. The van der Waals surface area contributed by atoms with Crippen LogP contribution in [0.3, 0.4) is 0 Å². The monoisotopic (exact) mass is 398 g/mol. The van der Waals surface area contributed by atoms with Crippen LogP contribution in [0.15, 0.2) is 115 Å². The zero-order valence-electron chi connectivity index (χ0n) is 16.1. The normalized spacial score (nSPS) is 12.4. The summed E-state index contributed by atoms with van der Waals surface area (Å²) in [6.45, 7) is 0.603. The van der Waals surface area contributed by atoms with Gasteiger partial charge >= 0.3 is 0 Å². The van der Waals surface area contributed by atoms with Crippen molar-refractivity contribution in [2.75, 3.05) is 0 Å². The molecule has 3 nitrogen and oxygen atoms in total. The number of aromatic nitrogens is 1. The van der Waals surface area contributed by atoms with E-state index in [-0.39, 0.29) is 0 Å². The number of hydrogen-bond donors (Lipinski definition) is 1. The van der Waals surface area contributed by atoms with E-state index < -0.39 is 12.9 Å². The first-order chi connectivity index (χ1) is 14.3. The molecule has 1 unspecified atom stereocenters. The van der Waals surface area contributed by atoms with Crippen LogP contribution in [0.5, 0.6) is 0 Å². The van der Waals surface area contributed by atoms with Gasteiger partial charge in [-0.1, -0.05) is 97.1 Å². The maximum absolute atomic E-state index is 14.8. The molecule has 0 saturated heterocycles. The average Bonchev–Trinajstić information content (AvgIpc) is 2.81. The Kier molecular flexibility index (Phi) is 6.00. The van der Waals surface area contributed by atoms with Gasteiger partial charge < -0.3 is 4.57 Å². The summed E-state index contributed by atoms with van der Waals surface area (Å²) in [4.78, 5) is 4.57. The van der Waals surface area contributed by atoms with E-state index >= 15 is 0 Å². The van der Waals surface area contributed by atoms with Gasteiger partial charge in [0.15, 0.2) is 7.14 Å². The number of nitrogens with one attached hydrogen (secondary N) is 1. The molecule has 144 valence electrons. The smallest absolute Gasteiger partial charge is 0.165 e. The van der Waals surface area contributed by atoms with Crippen molar-refractivity contribution in [1.29, 1.82) is 0 Å². The van der Waals surface area contributed by atoms with E-state index in [4.69, 9.17) is 0 Å². The van der Waals surface area contributed by atoms with Crippen molar-refractivity contribution < 1.29 is 4.57 Å². The van der Waals surface area contributed by atoms with Crippen LogP contribution in [-0.2, 0) is 11.1 Å². The SMILES string of the molecule is O=P(c1ccccc1)(c1ccccc1)C(NCc1ccccc1)c1ccccn1. The van der Waals surface area contributed by atoms with E-state index in [9.17, 15) is 4.57 Å². The molecule has 0 spiro atoms. The van der Waals surface area contributed by atoms with E-state index in [2.05, 4.69) is 22.4 Å². The van der Waals surface area contributed by atoms with Gasteiger partial charge in [0.05, 0.1) is 5.69 Å². The molecule has 0 saturated carbocycles. The lowest BCUT2D eigenvalue weighted by Crippen LogP contribution is -2.30. The Morgan fingerprint density at radius 3 is 1.72 bits per heavy atom. The molecule has 0 radical (unpaired) electrons. The number of hydrogen-bond acceptors (Lipinski definition) is 3. The van der Waals surface area contributed by atoms with E-state index in [0.717, 1.165) is 21.9 Å². The third-order valence-electron chi connectivity index (χ3n) is 4.95. The highest BCUT2D eigenvalue weighted by molar-refractivity contribution is 7.79. The van der Waals surface area contributed by atoms with E-state index in [1.54, 1.807) is 6.20 Å². The zero-order chi connectivity index (χ0) is 19.9. The molecule has 1 N–H and O–H groups in total. The summed E-state index contributed by atoms with van der Waals surface area (Å²) in [6.07, 6.45) is 1.76. The first kappa shape index (κ1) is 19.3. The van der Waals surface area contributed by atoms with Crippen LogP contribution >= 0.6 is 7.14 Å². The van der Waals surface area contributed by atoms with E-state index in [1.807, 2.05) is 97.1 Å². The Balaban J connectivity index is 1.83. The molecule has 0 amide bonds. The predicted molar refractivity (Wildman–Crippen MR) is 120 cm³/mol. The largest absolute Gasteiger partial charge is 0.312 e. The Hall–Kier alpha value is -3.00. The summed E-state index contributed by atoms with van der Waals surface area (Å²) in [7, 11) is -3.07. The molecule has 0 bridgehead atoms. The first-order valence-electron chi connectivity index (χ1n) is 9.67. The molecule has 4 aromatic rings. The van der Waals surface area contributed by atoms with Gasteiger partial charge in [-0.25, -0.2) is 0 Å². The second-order valence-electron chi connectivity index (χ2n) is 6.85. The summed E-state index contributed by atoms with van der Waals surface area (Å²) < 4.78 is 14.8. The molecular weight excluding hydrogens is 375 g/mol. The molecule has 0 aliphatic carbocycles. The number of nitrogens with zero attached hydrogens (tertiary/aromatic N) is 1. The Labute approximate surface area is 171 Å². The molecule has 1 aromatic heterocycles. The molecular formula is C25H23N2OP. The number of benzene rings is 3. The lowest BCUT2D eigenvalue weighted by atomic mass is 10.2. The van der Waals surface area contributed by atoms with Crippen LogP contribution in [0.4, 0.5) is 0 Å². The molecule has 0 aliphatic heterocycles. The Bertz CT molecular complexity index is 1030. The van der Waals surface area contributed by atoms with Crippen molar-refractivity contribution in [2.45, 2.75) is 12.3 Å². The third kappa shape index (κ3) is 4.22. The van der Waals surface area contributed by atoms with E-state index in [0.29, 0.717) is 6.54 Å².